The standard InChI is InChI=1S/C11H10BrNO3/c1-2-7(12)10(14)6-3-4-8-9(5-6)16-11(15)13-8/h3-5,7H,2H2,1H3,(H,13,15). The number of ketones is 1. The minimum absolute atomic E-state index is 0.00625. The largest absolute Gasteiger partial charge is 0.417 e. The first-order chi connectivity index (χ1) is 7.61. The zero-order chi connectivity index (χ0) is 11.7. The van der Waals surface area contributed by atoms with Gasteiger partial charge < -0.3 is 4.42 Å². The van der Waals surface area contributed by atoms with E-state index in [0.29, 0.717) is 23.1 Å². The van der Waals surface area contributed by atoms with Crippen molar-refractivity contribution >= 4 is 32.8 Å². The van der Waals surface area contributed by atoms with Gasteiger partial charge in [-0.05, 0) is 24.6 Å². The molecule has 0 saturated carbocycles. The highest BCUT2D eigenvalue weighted by atomic mass is 79.9. The molecule has 0 aliphatic rings. The molecule has 0 amide bonds. The van der Waals surface area contributed by atoms with Crippen LogP contribution in [0, 0.1) is 0 Å². The van der Waals surface area contributed by atoms with Crippen molar-refractivity contribution in [3.05, 3.63) is 34.3 Å². The van der Waals surface area contributed by atoms with Gasteiger partial charge in [0.2, 0.25) is 0 Å². The molecule has 0 radical (unpaired) electrons. The lowest BCUT2D eigenvalue weighted by atomic mass is 10.1. The first-order valence-corrected chi connectivity index (χ1v) is 5.84. The predicted octanol–water partition coefficient (Wildman–Crippen LogP) is 2.48. The molecular weight excluding hydrogens is 274 g/mol. The number of aromatic nitrogens is 1. The highest BCUT2D eigenvalue weighted by Gasteiger charge is 2.15. The highest BCUT2D eigenvalue weighted by Crippen LogP contribution is 2.17. The molecule has 1 atom stereocenters. The Hall–Kier alpha value is -1.36. The van der Waals surface area contributed by atoms with Crippen molar-refractivity contribution in [2.75, 3.05) is 0 Å². The van der Waals surface area contributed by atoms with Crippen molar-refractivity contribution in [2.45, 2.75) is 18.2 Å². The van der Waals surface area contributed by atoms with Crippen molar-refractivity contribution in [3.8, 4) is 0 Å². The van der Waals surface area contributed by atoms with Crippen LogP contribution in [-0.2, 0) is 0 Å². The van der Waals surface area contributed by atoms with Crippen molar-refractivity contribution in [3.63, 3.8) is 0 Å². The molecule has 0 fully saturated rings. The van der Waals surface area contributed by atoms with Gasteiger partial charge in [-0.3, -0.25) is 9.78 Å². The summed E-state index contributed by atoms with van der Waals surface area (Å²) in [5.41, 5.74) is 1.55. The Morgan fingerprint density at radius 2 is 2.31 bits per heavy atom. The van der Waals surface area contributed by atoms with Crippen molar-refractivity contribution < 1.29 is 9.21 Å². The number of rotatable bonds is 3. The molecule has 1 N–H and O–H groups in total. The second kappa shape index (κ2) is 4.25. The molecule has 0 aliphatic carbocycles. The van der Waals surface area contributed by atoms with Crippen LogP contribution in [0.25, 0.3) is 11.1 Å². The number of carbonyl (C=O) groups excluding carboxylic acids is 1. The molecular formula is C11H10BrNO3. The number of halogens is 1. The van der Waals surface area contributed by atoms with E-state index in [1.54, 1.807) is 18.2 Å². The molecule has 1 heterocycles. The van der Waals surface area contributed by atoms with E-state index in [4.69, 9.17) is 4.42 Å². The monoisotopic (exact) mass is 283 g/mol. The van der Waals surface area contributed by atoms with E-state index in [1.165, 1.54) is 0 Å². The van der Waals surface area contributed by atoms with E-state index in [0.717, 1.165) is 0 Å². The van der Waals surface area contributed by atoms with Gasteiger partial charge in [0.15, 0.2) is 11.4 Å². The van der Waals surface area contributed by atoms with Crippen LogP contribution in [-0.4, -0.2) is 15.6 Å². The number of benzene rings is 1. The van der Waals surface area contributed by atoms with Gasteiger partial charge in [0, 0.05) is 5.56 Å². The van der Waals surface area contributed by atoms with Crippen LogP contribution in [0.4, 0.5) is 0 Å². The number of alkyl halides is 1. The average molecular weight is 284 g/mol. The molecule has 1 unspecified atom stereocenters. The molecule has 16 heavy (non-hydrogen) atoms. The van der Waals surface area contributed by atoms with Gasteiger partial charge >= 0.3 is 5.76 Å². The molecule has 0 aliphatic heterocycles. The summed E-state index contributed by atoms with van der Waals surface area (Å²) in [7, 11) is 0. The van der Waals surface area contributed by atoms with Gasteiger partial charge in [-0.1, -0.05) is 22.9 Å². The zero-order valence-corrected chi connectivity index (χ0v) is 10.2. The maximum absolute atomic E-state index is 11.8. The highest BCUT2D eigenvalue weighted by molar-refractivity contribution is 9.10. The maximum atomic E-state index is 11.8. The topological polar surface area (TPSA) is 63.1 Å². The Kier molecular flexibility index (Phi) is 2.96. The molecule has 4 nitrogen and oxygen atoms in total. The Balaban J connectivity index is 2.46. The van der Waals surface area contributed by atoms with Crippen molar-refractivity contribution in [2.24, 2.45) is 0 Å². The van der Waals surface area contributed by atoms with Gasteiger partial charge in [-0.2, -0.15) is 0 Å². The number of H-pyrrole nitrogens is 1. The van der Waals surface area contributed by atoms with E-state index >= 15 is 0 Å². The number of hydrogen-bond donors (Lipinski definition) is 1. The minimum Gasteiger partial charge on any atom is -0.408 e. The Morgan fingerprint density at radius 3 is 3.00 bits per heavy atom. The van der Waals surface area contributed by atoms with Gasteiger partial charge in [-0.15, -0.1) is 0 Å². The number of aromatic amines is 1. The molecule has 5 heteroatoms. The van der Waals surface area contributed by atoms with Gasteiger partial charge in [0.25, 0.3) is 0 Å². The van der Waals surface area contributed by atoms with E-state index < -0.39 is 5.76 Å². The second-order valence-corrected chi connectivity index (χ2v) is 4.57. The van der Waals surface area contributed by atoms with Crippen LogP contribution in [0.1, 0.15) is 23.7 Å². The number of oxazole rings is 1. The molecule has 84 valence electrons. The van der Waals surface area contributed by atoms with Crippen LogP contribution >= 0.6 is 15.9 Å². The lowest BCUT2D eigenvalue weighted by Gasteiger charge is -2.04. The third-order valence-corrected chi connectivity index (χ3v) is 3.41. The molecule has 0 bridgehead atoms. The minimum atomic E-state index is -0.509. The molecule has 2 aromatic rings. The average Bonchev–Trinajstić information content (AvgIpc) is 2.65. The quantitative estimate of drug-likeness (QED) is 0.695. The summed E-state index contributed by atoms with van der Waals surface area (Å²) >= 11 is 3.30. The number of nitrogens with one attached hydrogen (secondary N) is 1. The summed E-state index contributed by atoms with van der Waals surface area (Å²) in [4.78, 5) is 25.1. The van der Waals surface area contributed by atoms with Crippen LogP contribution in [0.3, 0.4) is 0 Å². The first kappa shape index (κ1) is 11.1. The third-order valence-electron chi connectivity index (χ3n) is 2.35. The first-order valence-electron chi connectivity index (χ1n) is 4.93. The van der Waals surface area contributed by atoms with Gasteiger partial charge in [0.1, 0.15) is 0 Å². The number of fused-ring (bicyclic) bond motifs is 1. The molecule has 0 saturated heterocycles. The van der Waals surface area contributed by atoms with Crippen LogP contribution in [0.2, 0.25) is 0 Å². The lowest BCUT2D eigenvalue weighted by molar-refractivity contribution is 0.0990. The summed E-state index contributed by atoms with van der Waals surface area (Å²) in [6.07, 6.45) is 0.716. The maximum Gasteiger partial charge on any atom is 0.417 e. The van der Waals surface area contributed by atoms with E-state index in [-0.39, 0.29) is 10.6 Å². The summed E-state index contributed by atoms with van der Waals surface area (Å²) in [5.74, 6) is -0.515. The SMILES string of the molecule is CCC(Br)C(=O)c1ccc2[nH]c(=O)oc2c1. The molecule has 1 aromatic carbocycles. The molecule has 2 rings (SSSR count). The summed E-state index contributed by atoms with van der Waals surface area (Å²) in [6, 6.07) is 4.93. The van der Waals surface area contributed by atoms with E-state index in [9.17, 15) is 9.59 Å². The summed E-state index contributed by atoms with van der Waals surface area (Å²) in [5, 5.41) is 0. The summed E-state index contributed by atoms with van der Waals surface area (Å²) < 4.78 is 4.89. The predicted molar refractivity (Wildman–Crippen MR) is 64.2 cm³/mol. The Labute approximate surface area is 99.8 Å². The third kappa shape index (κ3) is 1.95. The van der Waals surface area contributed by atoms with Crippen molar-refractivity contribution in [1.82, 2.24) is 4.98 Å². The van der Waals surface area contributed by atoms with Crippen LogP contribution in [0.15, 0.2) is 27.4 Å². The smallest absolute Gasteiger partial charge is 0.408 e. The normalized spacial score (nSPS) is 12.9. The van der Waals surface area contributed by atoms with Gasteiger partial charge in [-0.25, -0.2) is 4.79 Å². The number of carbonyl (C=O) groups is 1. The Bertz CT molecular complexity index is 584. The lowest BCUT2D eigenvalue weighted by Crippen LogP contribution is -2.12. The zero-order valence-electron chi connectivity index (χ0n) is 8.62. The molecule has 1 aromatic heterocycles. The number of hydrogen-bond acceptors (Lipinski definition) is 3. The van der Waals surface area contributed by atoms with E-state index in [1.807, 2.05) is 6.92 Å². The fourth-order valence-corrected chi connectivity index (χ4v) is 1.73. The van der Waals surface area contributed by atoms with Gasteiger partial charge in [0.05, 0.1) is 10.3 Å². The fourth-order valence-electron chi connectivity index (χ4n) is 1.46. The van der Waals surface area contributed by atoms with E-state index in [2.05, 4.69) is 20.9 Å². The Morgan fingerprint density at radius 1 is 1.56 bits per heavy atom. The number of Topliss-reactive ketones (excluding diaryl/α,β-unsaturated/α-hetero) is 1. The molecule has 0 spiro atoms. The van der Waals surface area contributed by atoms with Crippen LogP contribution in [0.5, 0.6) is 0 Å². The summed E-state index contributed by atoms with van der Waals surface area (Å²) in [6.45, 7) is 1.92. The van der Waals surface area contributed by atoms with Crippen molar-refractivity contribution in [1.29, 1.82) is 0 Å². The van der Waals surface area contributed by atoms with Crippen LogP contribution < -0.4 is 5.76 Å². The fraction of sp³-hybridized carbons (Fsp3) is 0.273. The second-order valence-electron chi connectivity index (χ2n) is 3.47.